The van der Waals surface area contributed by atoms with E-state index in [-0.39, 0.29) is 0 Å². The monoisotopic (exact) mass is 553 g/mol. The van der Waals surface area contributed by atoms with Crippen molar-refractivity contribution >= 4 is 64.2 Å². The molecule has 0 N–H and O–H groups in total. The molecule has 0 saturated heterocycles. The first-order valence-corrected chi connectivity index (χ1v) is 14.9. The number of rotatable bonds is 3. The van der Waals surface area contributed by atoms with Gasteiger partial charge in [0.2, 0.25) is 0 Å². The Kier molecular flexibility index (Phi) is 5.07. The molecule has 0 bridgehead atoms. The lowest BCUT2D eigenvalue weighted by Crippen LogP contribution is -1.98. The highest BCUT2D eigenvalue weighted by atomic mass is 32.1. The van der Waals surface area contributed by atoms with Crippen LogP contribution in [0.15, 0.2) is 140 Å². The molecular formula is C38H23N3S. The predicted molar refractivity (Wildman–Crippen MR) is 178 cm³/mol. The molecular weight excluding hydrogens is 531 g/mol. The van der Waals surface area contributed by atoms with Crippen LogP contribution in [0, 0.1) is 0 Å². The number of hydrogen-bond acceptors (Lipinski definition) is 3. The summed E-state index contributed by atoms with van der Waals surface area (Å²) in [7, 11) is 0. The van der Waals surface area contributed by atoms with Crippen molar-refractivity contribution in [3.63, 3.8) is 0 Å². The van der Waals surface area contributed by atoms with Gasteiger partial charge in [-0.2, -0.15) is 0 Å². The van der Waals surface area contributed by atoms with Gasteiger partial charge in [-0.3, -0.25) is 0 Å². The Balaban J connectivity index is 1.44. The largest absolute Gasteiger partial charge is 0.309 e. The van der Waals surface area contributed by atoms with Gasteiger partial charge in [-0.25, -0.2) is 9.97 Å². The van der Waals surface area contributed by atoms with Gasteiger partial charge in [0, 0.05) is 53.1 Å². The van der Waals surface area contributed by atoms with Crippen molar-refractivity contribution in [3.8, 4) is 28.3 Å². The van der Waals surface area contributed by atoms with E-state index in [4.69, 9.17) is 9.97 Å². The number of para-hydroxylation sites is 3. The number of hydrogen-bond donors (Lipinski definition) is 0. The topological polar surface area (TPSA) is 30.7 Å². The third kappa shape index (κ3) is 3.46. The number of fused-ring (bicyclic) bond motifs is 7. The second kappa shape index (κ2) is 9.10. The van der Waals surface area contributed by atoms with Gasteiger partial charge < -0.3 is 4.57 Å². The lowest BCUT2D eigenvalue weighted by molar-refractivity contribution is 1.18. The first-order valence-electron chi connectivity index (χ1n) is 14.1. The van der Waals surface area contributed by atoms with Crippen LogP contribution in [-0.2, 0) is 0 Å². The summed E-state index contributed by atoms with van der Waals surface area (Å²) in [5, 5.41) is 6.07. The molecule has 4 heteroatoms. The smallest absolute Gasteiger partial charge is 0.160 e. The fraction of sp³-hybridized carbons (Fsp3) is 0. The Hall–Kier alpha value is -5.32. The van der Waals surface area contributed by atoms with Crippen LogP contribution in [0.25, 0.3) is 81.2 Å². The highest BCUT2D eigenvalue weighted by Gasteiger charge is 2.20. The van der Waals surface area contributed by atoms with Gasteiger partial charge in [0.25, 0.3) is 0 Å². The minimum atomic E-state index is 0.737. The molecule has 0 spiro atoms. The normalized spacial score (nSPS) is 11.8. The minimum Gasteiger partial charge on any atom is -0.309 e. The standard InChI is InChI=1S/C38H23N3S/c1-2-12-24(13-3-1)38-39-32-18-8-4-17-29(32)36(40-38)31-23-25(22-30-28-16-7-11-21-35(28)42-37(30)31)41-33-19-9-5-14-26(33)27-15-6-10-20-34(27)41/h1-23H. The molecule has 9 aromatic rings. The van der Waals surface area contributed by atoms with Crippen molar-refractivity contribution in [1.29, 1.82) is 0 Å². The Bertz CT molecular complexity index is 2420. The van der Waals surface area contributed by atoms with Crippen LogP contribution in [0.5, 0.6) is 0 Å². The maximum Gasteiger partial charge on any atom is 0.160 e. The zero-order valence-corrected chi connectivity index (χ0v) is 23.3. The van der Waals surface area contributed by atoms with Crippen LogP contribution in [0.4, 0.5) is 0 Å². The van der Waals surface area contributed by atoms with Crippen LogP contribution in [-0.4, -0.2) is 14.5 Å². The zero-order valence-electron chi connectivity index (χ0n) is 22.5. The third-order valence-corrected chi connectivity index (χ3v) is 9.41. The van der Waals surface area contributed by atoms with Gasteiger partial charge in [0.05, 0.1) is 22.2 Å². The van der Waals surface area contributed by atoms with Crippen molar-refractivity contribution in [2.45, 2.75) is 0 Å². The molecule has 0 fully saturated rings. The van der Waals surface area contributed by atoms with Crippen molar-refractivity contribution < 1.29 is 0 Å². The Morgan fingerprint density at radius 2 is 1.12 bits per heavy atom. The summed E-state index contributed by atoms with van der Waals surface area (Å²) in [6, 6.07) is 49.4. The lowest BCUT2D eigenvalue weighted by Gasteiger charge is -2.14. The summed E-state index contributed by atoms with van der Waals surface area (Å²) in [6.45, 7) is 0. The van der Waals surface area contributed by atoms with Gasteiger partial charge in [-0.15, -0.1) is 11.3 Å². The molecule has 9 rings (SSSR count). The maximum absolute atomic E-state index is 5.30. The van der Waals surface area contributed by atoms with E-state index in [2.05, 4.69) is 126 Å². The van der Waals surface area contributed by atoms with E-state index in [0.717, 1.165) is 39.2 Å². The minimum absolute atomic E-state index is 0.737. The fourth-order valence-electron chi connectivity index (χ4n) is 6.32. The van der Waals surface area contributed by atoms with Crippen LogP contribution in [0.2, 0.25) is 0 Å². The number of nitrogens with zero attached hydrogens (tertiary/aromatic N) is 3. The Labute approximate surface area is 246 Å². The van der Waals surface area contributed by atoms with Crippen molar-refractivity contribution in [1.82, 2.24) is 14.5 Å². The van der Waals surface area contributed by atoms with E-state index in [1.165, 1.54) is 42.0 Å². The van der Waals surface area contributed by atoms with Crippen molar-refractivity contribution in [2.75, 3.05) is 0 Å². The molecule has 0 aliphatic carbocycles. The molecule has 196 valence electrons. The fourth-order valence-corrected chi connectivity index (χ4v) is 7.51. The highest BCUT2D eigenvalue weighted by molar-refractivity contribution is 7.26. The van der Waals surface area contributed by atoms with E-state index in [1.807, 2.05) is 29.5 Å². The molecule has 0 saturated carbocycles. The molecule has 0 unspecified atom stereocenters. The molecule has 3 aromatic heterocycles. The van der Waals surface area contributed by atoms with Gasteiger partial charge in [0.1, 0.15) is 0 Å². The SMILES string of the molecule is c1ccc(-c2nc(-c3cc(-n4c5ccccc5c5ccccc54)cc4c3sc3ccccc34)c3ccccc3n2)cc1. The average Bonchev–Trinajstić information content (AvgIpc) is 3.60. The first-order chi connectivity index (χ1) is 20.8. The van der Waals surface area contributed by atoms with Crippen LogP contribution in [0.1, 0.15) is 0 Å². The Morgan fingerprint density at radius 3 is 1.88 bits per heavy atom. The number of benzene rings is 6. The summed E-state index contributed by atoms with van der Waals surface area (Å²) in [5.41, 5.74) is 7.55. The van der Waals surface area contributed by atoms with E-state index < -0.39 is 0 Å². The van der Waals surface area contributed by atoms with E-state index in [0.29, 0.717) is 0 Å². The summed E-state index contributed by atoms with van der Waals surface area (Å²) < 4.78 is 4.92. The summed E-state index contributed by atoms with van der Waals surface area (Å²) >= 11 is 1.84. The maximum atomic E-state index is 5.30. The number of aromatic nitrogens is 3. The van der Waals surface area contributed by atoms with Gasteiger partial charge in [-0.1, -0.05) is 103 Å². The van der Waals surface area contributed by atoms with Gasteiger partial charge in [0.15, 0.2) is 5.82 Å². The average molecular weight is 554 g/mol. The first kappa shape index (κ1) is 23.4. The van der Waals surface area contributed by atoms with Crippen LogP contribution in [0.3, 0.4) is 0 Å². The van der Waals surface area contributed by atoms with Crippen LogP contribution < -0.4 is 0 Å². The molecule has 42 heavy (non-hydrogen) atoms. The molecule has 0 radical (unpaired) electrons. The van der Waals surface area contributed by atoms with Crippen molar-refractivity contribution in [3.05, 3.63) is 140 Å². The zero-order chi connectivity index (χ0) is 27.6. The van der Waals surface area contributed by atoms with Crippen LogP contribution >= 0.6 is 11.3 Å². The lowest BCUT2D eigenvalue weighted by atomic mass is 10.0. The van der Waals surface area contributed by atoms with E-state index in [9.17, 15) is 0 Å². The molecule has 0 aliphatic rings. The molecule has 0 aliphatic heterocycles. The molecule has 3 nitrogen and oxygen atoms in total. The summed E-state index contributed by atoms with van der Waals surface area (Å²) in [6.07, 6.45) is 0. The molecule has 0 atom stereocenters. The highest BCUT2D eigenvalue weighted by Crippen LogP contribution is 2.44. The Morgan fingerprint density at radius 1 is 0.500 bits per heavy atom. The number of thiophene rings is 1. The summed E-state index contributed by atoms with van der Waals surface area (Å²) in [4.78, 5) is 10.3. The van der Waals surface area contributed by atoms with Gasteiger partial charge >= 0.3 is 0 Å². The molecule has 0 amide bonds. The van der Waals surface area contributed by atoms with E-state index in [1.54, 1.807) is 0 Å². The quantitative estimate of drug-likeness (QED) is 0.218. The second-order valence-corrected chi connectivity index (χ2v) is 11.7. The molecule has 3 heterocycles. The van der Waals surface area contributed by atoms with E-state index >= 15 is 0 Å². The van der Waals surface area contributed by atoms with Gasteiger partial charge in [-0.05, 0) is 36.4 Å². The predicted octanol–water partition coefficient (Wildman–Crippen LogP) is 10.4. The third-order valence-electron chi connectivity index (χ3n) is 8.19. The second-order valence-electron chi connectivity index (χ2n) is 10.6. The molecule has 6 aromatic carbocycles. The summed E-state index contributed by atoms with van der Waals surface area (Å²) in [5.74, 6) is 0.737. The van der Waals surface area contributed by atoms with Crippen molar-refractivity contribution in [2.24, 2.45) is 0 Å².